The SMILES string of the molecule is CCCCC(CC)(CO)CO.CCCCC(CC)(CO)CO.Cc1cc(Sc2cc(C)c(O)c(C(C)(C)C)c2)cc(C(C)(C)C)c1O. The third-order valence-electron chi connectivity index (χ3n) is 9.36. The van der Waals surface area contributed by atoms with Crippen LogP contribution in [0.4, 0.5) is 0 Å². The minimum Gasteiger partial charge on any atom is -0.507 e. The molecule has 0 heterocycles. The van der Waals surface area contributed by atoms with E-state index in [1.807, 2.05) is 39.8 Å². The number of aliphatic hydroxyl groups excluding tert-OH is 4. The first-order valence-corrected chi connectivity index (χ1v) is 18.4. The van der Waals surface area contributed by atoms with Crippen LogP contribution in [0, 0.1) is 24.7 Å². The molecule has 0 unspecified atom stereocenters. The molecule has 47 heavy (non-hydrogen) atoms. The summed E-state index contributed by atoms with van der Waals surface area (Å²) in [5.74, 6) is 0.767. The van der Waals surface area contributed by atoms with Gasteiger partial charge in [-0.2, -0.15) is 0 Å². The summed E-state index contributed by atoms with van der Waals surface area (Å²) in [4.78, 5) is 2.20. The van der Waals surface area contributed by atoms with Crippen LogP contribution < -0.4 is 0 Å². The number of hydrogen-bond donors (Lipinski definition) is 6. The molecule has 0 aromatic heterocycles. The maximum atomic E-state index is 10.4. The summed E-state index contributed by atoms with van der Waals surface area (Å²) in [5, 5.41) is 57.0. The van der Waals surface area contributed by atoms with Gasteiger partial charge in [0.2, 0.25) is 0 Å². The molecule has 0 atom stereocenters. The monoisotopic (exact) mass is 678 g/mol. The molecule has 0 aliphatic rings. The molecule has 0 bridgehead atoms. The van der Waals surface area contributed by atoms with Gasteiger partial charge in [0.05, 0.1) is 26.4 Å². The highest BCUT2D eigenvalue weighted by molar-refractivity contribution is 7.99. The molecule has 0 fully saturated rings. The Morgan fingerprint density at radius 3 is 1.04 bits per heavy atom. The van der Waals surface area contributed by atoms with E-state index in [2.05, 4.69) is 67.5 Å². The van der Waals surface area contributed by atoms with Gasteiger partial charge in [-0.05, 0) is 85.8 Å². The first-order valence-electron chi connectivity index (χ1n) is 17.6. The summed E-state index contributed by atoms with van der Waals surface area (Å²) in [6.07, 6.45) is 8.04. The van der Waals surface area contributed by atoms with Gasteiger partial charge in [0.1, 0.15) is 11.5 Å². The lowest BCUT2D eigenvalue weighted by molar-refractivity contribution is 0.0419. The molecule has 0 saturated heterocycles. The van der Waals surface area contributed by atoms with Crippen molar-refractivity contribution in [3.8, 4) is 11.5 Å². The van der Waals surface area contributed by atoms with Crippen molar-refractivity contribution in [3.63, 3.8) is 0 Å². The van der Waals surface area contributed by atoms with Gasteiger partial charge in [-0.15, -0.1) is 0 Å². The Kier molecular flexibility index (Phi) is 19.9. The molecule has 272 valence electrons. The van der Waals surface area contributed by atoms with E-state index in [0.717, 1.165) is 83.4 Å². The van der Waals surface area contributed by atoms with E-state index in [1.165, 1.54) is 0 Å². The fourth-order valence-electron chi connectivity index (χ4n) is 5.21. The third kappa shape index (κ3) is 14.3. The van der Waals surface area contributed by atoms with Crippen molar-refractivity contribution >= 4 is 11.8 Å². The standard InChI is InChI=1S/C22H30O2S.2C9H20O2/c1-13-9-15(11-17(19(13)23)21(3,4)5)25-16-10-14(2)20(24)18(12-16)22(6,7)8;2*1-3-5-6-9(4-2,7-10)8-11/h9-12,23-24H,1-8H3;2*10-11H,3-8H2,1-2H3. The van der Waals surface area contributed by atoms with E-state index in [0.29, 0.717) is 11.5 Å². The Hall–Kier alpha value is -1.77. The molecule has 2 rings (SSSR count). The zero-order valence-corrected chi connectivity index (χ0v) is 32.7. The van der Waals surface area contributed by atoms with Crippen LogP contribution in [-0.4, -0.2) is 57.1 Å². The Balaban J connectivity index is 0.000000799. The van der Waals surface area contributed by atoms with Crippen molar-refractivity contribution in [2.75, 3.05) is 26.4 Å². The van der Waals surface area contributed by atoms with Gasteiger partial charge in [-0.25, -0.2) is 0 Å². The predicted octanol–water partition coefficient (Wildman–Crippen LogP) is 9.58. The Morgan fingerprint density at radius 1 is 0.532 bits per heavy atom. The van der Waals surface area contributed by atoms with Gasteiger partial charge >= 0.3 is 0 Å². The van der Waals surface area contributed by atoms with Crippen LogP contribution in [-0.2, 0) is 10.8 Å². The Morgan fingerprint density at radius 2 is 0.830 bits per heavy atom. The molecule has 0 aliphatic carbocycles. The second kappa shape index (κ2) is 20.7. The van der Waals surface area contributed by atoms with Crippen LogP contribution in [0.2, 0.25) is 0 Å². The zero-order chi connectivity index (χ0) is 36.6. The van der Waals surface area contributed by atoms with Gasteiger partial charge < -0.3 is 30.6 Å². The topological polar surface area (TPSA) is 121 Å². The van der Waals surface area contributed by atoms with Gasteiger partial charge in [0, 0.05) is 31.7 Å². The second-order valence-corrected chi connectivity index (χ2v) is 16.6. The number of phenols is 2. The van der Waals surface area contributed by atoms with E-state index in [-0.39, 0.29) is 48.1 Å². The molecule has 2 aromatic rings. The highest BCUT2D eigenvalue weighted by Crippen LogP contribution is 2.42. The predicted molar refractivity (Wildman–Crippen MR) is 200 cm³/mol. The molecular weight excluding hydrogens is 609 g/mol. The van der Waals surface area contributed by atoms with Crippen molar-refractivity contribution in [2.45, 2.75) is 155 Å². The van der Waals surface area contributed by atoms with Crippen molar-refractivity contribution in [3.05, 3.63) is 46.5 Å². The molecule has 2 aromatic carbocycles. The average molecular weight is 679 g/mol. The maximum absolute atomic E-state index is 10.4. The quantitative estimate of drug-likeness (QED) is 0.118. The summed E-state index contributed by atoms with van der Waals surface area (Å²) in [6, 6.07) is 8.19. The minimum atomic E-state index is -0.212. The van der Waals surface area contributed by atoms with Crippen LogP contribution in [0.25, 0.3) is 0 Å². The van der Waals surface area contributed by atoms with Crippen LogP contribution >= 0.6 is 11.8 Å². The number of unbranched alkanes of at least 4 members (excludes halogenated alkanes) is 2. The fraction of sp³-hybridized carbons (Fsp3) is 0.700. The zero-order valence-electron chi connectivity index (χ0n) is 31.9. The average Bonchev–Trinajstić information content (AvgIpc) is 3.02. The van der Waals surface area contributed by atoms with Crippen molar-refractivity contribution < 1.29 is 30.6 Å². The van der Waals surface area contributed by atoms with Crippen LogP contribution in [0.1, 0.15) is 143 Å². The number of hydrogen-bond acceptors (Lipinski definition) is 7. The fourth-order valence-corrected chi connectivity index (χ4v) is 6.31. The summed E-state index contributed by atoms with van der Waals surface area (Å²) >= 11 is 1.67. The van der Waals surface area contributed by atoms with Crippen LogP contribution in [0.5, 0.6) is 11.5 Å². The summed E-state index contributed by atoms with van der Waals surface area (Å²) in [7, 11) is 0. The first-order chi connectivity index (χ1) is 21.8. The van der Waals surface area contributed by atoms with E-state index < -0.39 is 0 Å². The van der Waals surface area contributed by atoms with Crippen molar-refractivity contribution in [1.29, 1.82) is 0 Å². The number of aromatic hydroxyl groups is 2. The van der Waals surface area contributed by atoms with Gasteiger partial charge in [0.15, 0.2) is 0 Å². The molecule has 7 heteroatoms. The molecule has 0 aliphatic heterocycles. The van der Waals surface area contributed by atoms with Gasteiger partial charge in [-0.1, -0.05) is 107 Å². The number of aliphatic hydroxyl groups is 4. The van der Waals surface area contributed by atoms with E-state index in [9.17, 15) is 10.2 Å². The summed E-state index contributed by atoms with van der Waals surface area (Å²) in [5.41, 5.74) is 3.04. The molecular formula is C40H70O6S. The van der Waals surface area contributed by atoms with Crippen molar-refractivity contribution in [2.24, 2.45) is 10.8 Å². The third-order valence-corrected chi connectivity index (χ3v) is 10.3. The normalized spacial score (nSPS) is 12.3. The summed E-state index contributed by atoms with van der Waals surface area (Å²) < 4.78 is 0. The summed E-state index contributed by atoms with van der Waals surface area (Å²) in [6.45, 7) is 25.3. The lowest BCUT2D eigenvalue weighted by Crippen LogP contribution is -2.28. The van der Waals surface area contributed by atoms with E-state index in [1.54, 1.807) is 11.8 Å². The van der Waals surface area contributed by atoms with E-state index in [4.69, 9.17) is 20.4 Å². The second-order valence-electron chi connectivity index (χ2n) is 15.4. The smallest absolute Gasteiger partial charge is 0.122 e. The Labute approximate surface area is 292 Å². The molecule has 6 nitrogen and oxygen atoms in total. The highest BCUT2D eigenvalue weighted by atomic mass is 32.2. The highest BCUT2D eigenvalue weighted by Gasteiger charge is 2.26. The van der Waals surface area contributed by atoms with Gasteiger partial charge in [0.25, 0.3) is 0 Å². The minimum absolute atomic E-state index is 0.111. The molecule has 0 spiro atoms. The first kappa shape index (κ1) is 45.2. The molecule has 0 saturated carbocycles. The number of phenolic OH excluding ortho intramolecular Hbond substituents is 2. The van der Waals surface area contributed by atoms with Gasteiger partial charge in [-0.3, -0.25) is 0 Å². The van der Waals surface area contributed by atoms with Crippen LogP contribution in [0.3, 0.4) is 0 Å². The largest absolute Gasteiger partial charge is 0.507 e. The van der Waals surface area contributed by atoms with E-state index >= 15 is 0 Å². The number of aryl methyl sites for hydroxylation is 2. The Bertz CT molecular complexity index is 1060. The molecule has 6 N–H and O–H groups in total. The maximum Gasteiger partial charge on any atom is 0.122 e. The van der Waals surface area contributed by atoms with Crippen molar-refractivity contribution in [1.82, 2.24) is 0 Å². The molecule has 0 amide bonds. The molecule has 0 radical (unpaired) electrons. The number of rotatable bonds is 14. The number of benzene rings is 2. The van der Waals surface area contributed by atoms with Crippen LogP contribution in [0.15, 0.2) is 34.1 Å². The lowest BCUT2D eigenvalue weighted by atomic mass is 9.82. The lowest BCUT2D eigenvalue weighted by Gasteiger charge is -2.27.